The fraction of sp³-hybridized carbons (Fsp3) is 0.214. The van der Waals surface area contributed by atoms with E-state index in [0.717, 1.165) is 15.7 Å². The molecule has 0 saturated heterocycles. The van der Waals surface area contributed by atoms with E-state index in [2.05, 4.69) is 21.1 Å². The number of aryl methyl sites for hydroxylation is 2. The standard InChI is InChI=1S/C14H11BrN2O3/c1-7-11(8(2)20-16-7)6-17-12-5-9(15)3-4-10(12)13(18)14(17)19/h3-5H,6H2,1-2H3. The first kappa shape index (κ1) is 13.1. The van der Waals surface area contributed by atoms with Gasteiger partial charge in [0.2, 0.25) is 0 Å². The molecule has 0 radical (unpaired) electrons. The lowest BCUT2D eigenvalue weighted by atomic mass is 10.1. The van der Waals surface area contributed by atoms with E-state index in [0.29, 0.717) is 17.0 Å². The van der Waals surface area contributed by atoms with Gasteiger partial charge in [-0.3, -0.25) is 9.59 Å². The highest BCUT2D eigenvalue weighted by Crippen LogP contribution is 2.33. The maximum absolute atomic E-state index is 12.1. The number of hydrogen-bond acceptors (Lipinski definition) is 4. The lowest BCUT2D eigenvalue weighted by molar-refractivity contribution is -0.114. The number of fused-ring (bicyclic) bond motifs is 1. The van der Waals surface area contributed by atoms with Crippen molar-refractivity contribution in [2.75, 3.05) is 4.90 Å². The molecular weight excluding hydrogens is 324 g/mol. The number of aromatic nitrogens is 1. The second-order valence-corrected chi connectivity index (χ2v) is 5.60. The highest BCUT2D eigenvalue weighted by atomic mass is 79.9. The fourth-order valence-electron chi connectivity index (χ4n) is 2.31. The Morgan fingerprint density at radius 3 is 2.70 bits per heavy atom. The first-order valence-electron chi connectivity index (χ1n) is 6.06. The number of anilines is 1. The van der Waals surface area contributed by atoms with Crippen molar-refractivity contribution >= 4 is 33.3 Å². The van der Waals surface area contributed by atoms with Crippen LogP contribution in [-0.4, -0.2) is 16.8 Å². The Kier molecular flexibility index (Phi) is 2.97. The SMILES string of the molecule is Cc1noc(C)c1CN1C(=O)C(=O)c2ccc(Br)cc21. The summed E-state index contributed by atoms with van der Waals surface area (Å²) in [6, 6.07) is 5.19. The zero-order valence-electron chi connectivity index (χ0n) is 10.9. The van der Waals surface area contributed by atoms with Gasteiger partial charge in [-0.15, -0.1) is 0 Å². The summed E-state index contributed by atoms with van der Waals surface area (Å²) in [6.45, 7) is 3.89. The Morgan fingerprint density at radius 1 is 1.30 bits per heavy atom. The number of carbonyl (C=O) groups is 2. The van der Waals surface area contributed by atoms with Gasteiger partial charge >= 0.3 is 0 Å². The van der Waals surface area contributed by atoms with Crippen molar-refractivity contribution in [3.63, 3.8) is 0 Å². The third kappa shape index (κ3) is 1.87. The highest BCUT2D eigenvalue weighted by molar-refractivity contribution is 9.10. The number of carbonyl (C=O) groups excluding carboxylic acids is 2. The fourth-order valence-corrected chi connectivity index (χ4v) is 2.66. The summed E-state index contributed by atoms with van der Waals surface area (Å²) in [5.41, 5.74) is 2.62. The lowest BCUT2D eigenvalue weighted by Crippen LogP contribution is -2.29. The predicted octanol–water partition coefficient (Wildman–Crippen LogP) is 2.78. The zero-order chi connectivity index (χ0) is 14.4. The zero-order valence-corrected chi connectivity index (χ0v) is 12.5. The number of rotatable bonds is 2. The third-order valence-corrected chi connectivity index (χ3v) is 3.93. The average Bonchev–Trinajstić information content (AvgIpc) is 2.84. The van der Waals surface area contributed by atoms with Crippen LogP contribution in [0.2, 0.25) is 0 Å². The normalized spacial score (nSPS) is 14.1. The number of benzene rings is 1. The van der Waals surface area contributed by atoms with E-state index in [1.165, 1.54) is 4.90 Å². The van der Waals surface area contributed by atoms with Crippen molar-refractivity contribution in [2.45, 2.75) is 20.4 Å². The van der Waals surface area contributed by atoms with Crippen LogP contribution in [0.15, 0.2) is 27.2 Å². The van der Waals surface area contributed by atoms with E-state index in [4.69, 9.17) is 4.52 Å². The van der Waals surface area contributed by atoms with Gasteiger partial charge in [0.05, 0.1) is 23.5 Å². The second kappa shape index (κ2) is 4.56. The molecule has 2 heterocycles. The van der Waals surface area contributed by atoms with Gasteiger partial charge < -0.3 is 9.42 Å². The van der Waals surface area contributed by atoms with Crippen LogP contribution >= 0.6 is 15.9 Å². The molecule has 1 aliphatic heterocycles. The van der Waals surface area contributed by atoms with Gasteiger partial charge in [-0.05, 0) is 32.0 Å². The van der Waals surface area contributed by atoms with Gasteiger partial charge in [-0.25, -0.2) is 0 Å². The summed E-state index contributed by atoms with van der Waals surface area (Å²) < 4.78 is 5.92. The molecule has 1 aromatic carbocycles. The minimum Gasteiger partial charge on any atom is -0.361 e. The van der Waals surface area contributed by atoms with Crippen LogP contribution in [0.1, 0.15) is 27.4 Å². The van der Waals surface area contributed by atoms with Crippen molar-refractivity contribution in [3.8, 4) is 0 Å². The number of amides is 1. The van der Waals surface area contributed by atoms with Crippen LogP contribution in [0.4, 0.5) is 5.69 Å². The maximum Gasteiger partial charge on any atom is 0.299 e. The molecule has 2 aromatic rings. The van der Waals surface area contributed by atoms with E-state index in [1.54, 1.807) is 25.1 Å². The van der Waals surface area contributed by atoms with E-state index < -0.39 is 11.7 Å². The summed E-state index contributed by atoms with van der Waals surface area (Å²) in [6.07, 6.45) is 0. The second-order valence-electron chi connectivity index (χ2n) is 4.68. The Labute approximate surface area is 123 Å². The largest absolute Gasteiger partial charge is 0.361 e. The van der Waals surface area contributed by atoms with E-state index in [-0.39, 0.29) is 6.54 Å². The van der Waals surface area contributed by atoms with Gasteiger partial charge in [-0.2, -0.15) is 0 Å². The molecule has 20 heavy (non-hydrogen) atoms. The quantitative estimate of drug-likeness (QED) is 0.792. The third-order valence-electron chi connectivity index (χ3n) is 3.43. The van der Waals surface area contributed by atoms with E-state index >= 15 is 0 Å². The Morgan fingerprint density at radius 2 is 2.05 bits per heavy atom. The monoisotopic (exact) mass is 334 g/mol. The highest BCUT2D eigenvalue weighted by Gasteiger charge is 2.36. The van der Waals surface area contributed by atoms with Crippen molar-refractivity contribution in [1.29, 1.82) is 0 Å². The predicted molar refractivity (Wildman–Crippen MR) is 75.6 cm³/mol. The van der Waals surface area contributed by atoms with Gasteiger partial charge in [-0.1, -0.05) is 21.1 Å². The van der Waals surface area contributed by atoms with E-state index in [9.17, 15) is 9.59 Å². The number of hydrogen-bond donors (Lipinski definition) is 0. The summed E-state index contributed by atoms with van der Waals surface area (Å²) in [5, 5.41) is 3.87. The summed E-state index contributed by atoms with van der Waals surface area (Å²) in [7, 11) is 0. The molecule has 3 rings (SSSR count). The number of ketones is 1. The Hall–Kier alpha value is -1.95. The first-order chi connectivity index (χ1) is 9.49. The molecule has 6 heteroatoms. The lowest BCUT2D eigenvalue weighted by Gasteiger charge is -2.16. The average molecular weight is 335 g/mol. The van der Waals surface area contributed by atoms with Crippen LogP contribution in [-0.2, 0) is 11.3 Å². The molecule has 0 unspecified atom stereocenters. The van der Waals surface area contributed by atoms with Crippen molar-refractivity contribution < 1.29 is 14.1 Å². The van der Waals surface area contributed by atoms with Gasteiger partial charge in [0.25, 0.3) is 11.7 Å². The van der Waals surface area contributed by atoms with Crippen molar-refractivity contribution in [3.05, 3.63) is 45.3 Å². The molecule has 1 aromatic heterocycles. The smallest absolute Gasteiger partial charge is 0.299 e. The van der Waals surface area contributed by atoms with Crippen molar-refractivity contribution in [1.82, 2.24) is 5.16 Å². The molecule has 1 aliphatic rings. The molecular formula is C14H11BrN2O3. The van der Waals surface area contributed by atoms with Gasteiger partial charge in [0.15, 0.2) is 0 Å². The summed E-state index contributed by atoms with van der Waals surface area (Å²) >= 11 is 3.36. The molecule has 5 nitrogen and oxygen atoms in total. The number of Topliss-reactive ketones (excluding diaryl/α,β-unsaturated/α-hetero) is 1. The summed E-state index contributed by atoms with van der Waals surface area (Å²) in [5.74, 6) is -0.330. The van der Waals surface area contributed by atoms with E-state index in [1.807, 2.05) is 6.92 Å². The van der Waals surface area contributed by atoms with Gasteiger partial charge in [0, 0.05) is 10.0 Å². The van der Waals surface area contributed by atoms with Crippen LogP contribution in [0, 0.1) is 13.8 Å². The van der Waals surface area contributed by atoms with Crippen LogP contribution in [0.25, 0.3) is 0 Å². The summed E-state index contributed by atoms with van der Waals surface area (Å²) in [4.78, 5) is 25.6. The topological polar surface area (TPSA) is 63.4 Å². The molecule has 0 fully saturated rings. The molecule has 0 bridgehead atoms. The number of nitrogens with zero attached hydrogens (tertiary/aromatic N) is 2. The molecule has 1 amide bonds. The molecule has 0 atom stereocenters. The van der Waals surface area contributed by atoms with Crippen LogP contribution in [0.3, 0.4) is 0 Å². The Balaban J connectivity index is 2.05. The minimum absolute atomic E-state index is 0.287. The van der Waals surface area contributed by atoms with Crippen LogP contribution < -0.4 is 4.90 Å². The molecule has 0 N–H and O–H groups in total. The van der Waals surface area contributed by atoms with Gasteiger partial charge in [0.1, 0.15) is 5.76 Å². The van der Waals surface area contributed by atoms with Crippen LogP contribution in [0.5, 0.6) is 0 Å². The molecule has 0 saturated carbocycles. The Bertz CT molecular complexity index is 717. The maximum atomic E-state index is 12.1. The molecule has 102 valence electrons. The molecule has 0 spiro atoms. The molecule has 0 aliphatic carbocycles. The number of halogens is 1. The first-order valence-corrected chi connectivity index (χ1v) is 6.86. The minimum atomic E-state index is -0.516. The van der Waals surface area contributed by atoms with Crippen molar-refractivity contribution in [2.24, 2.45) is 0 Å².